The normalized spacial score (nSPS) is 14.4. The van der Waals surface area contributed by atoms with E-state index in [0.29, 0.717) is 5.92 Å². The summed E-state index contributed by atoms with van der Waals surface area (Å²) in [7, 11) is 3.89. The third kappa shape index (κ3) is 7.99. The lowest BCUT2D eigenvalue weighted by molar-refractivity contribution is -0.140. The number of urea groups is 1. The fourth-order valence-corrected chi connectivity index (χ4v) is 2.07. The quantitative estimate of drug-likeness (QED) is 0.630. The molecule has 6 heteroatoms. The molecule has 0 aliphatic heterocycles. The number of nitrogens with zero attached hydrogens (tertiary/aromatic N) is 1. The van der Waals surface area contributed by atoms with Crippen LogP contribution >= 0.6 is 0 Å². The first-order chi connectivity index (χ1) is 9.13. The molecule has 118 valence electrons. The average Bonchev–Trinajstić information content (AvgIpc) is 2.22. The second-order valence-corrected chi connectivity index (χ2v) is 6.27. The lowest BCUT2D eigenvalue weighted by Gasteiger charge is -2.25. The van der Waals surface area contributed by atoms with Crippen LogP contribution in [0.25, 0.3) is 0 Å². The molecule has 0 radical (unpaired) electrons. The summed E-state index contributed by atoms with van der Waals surface area (Å²) in [4.78, 5) is 25.0. The van der Waals surface area contributed by atoms with E-state index in [9.17, 15) is 9.59 Å². The summed E-state index contributed by atoms with van der Waals surface area (Å²) in [5, 5.41) is 14.5. The molecule has 6 nitrogen and oxygen atoms in total. The topological polar surface area (TPSA) is 81.7 Å². The summed E-state index contributed by atoms with van der Waals surface area (Å²) >= 11 is 0. The molecule has 20 heavy (non-hydrogen) atoms. The van der Waals surface area contributed by atoms with Gasteiger partial charge >= 0.3 is 12.0 Å². The minimum atomic E-state index is -1.01. The number of rotatable bonds is 8. The van der Waals surface area contributed by atoms with Crippen LogP contribution < -0.4 is 10.6 Å². The van der Waals surface area contributed by atoms with Gasteiger partial charge in [-0.05, 0) is 32.4 Å². The lowest BCUT2D eigenvalue weighted by atomic mass is 10.0. The van der Waals surface area contributed by atoms with Crippen molar-refractivity contribution in [2.45, 2.75) is 46.2 Å². The van der Waals surface area contributed by atoms with Gasteiger partial charge in [0.25, 0.3) is 0 Å². The van der Waals surface area contributed by atoms with Crippen LogP contribution in [0.2, 0.25) is 0 Å². The molecule has 2 amide bonds. The Kier molecular flexibility index (Phi) is 8.22. The Labute approximate surface area is 121 Å². The Hall–Kier alpha value is -1.30. The highest BCUT2D eigenvalue weighted by Crippen LogP contribution is 2.06. The molecule has 3 N–H and O–H groups in total. The molecule has 2 atom stereocenters. The first-order valence-corrected chi connectivity index (χ1v) is 7.08. The maximum atomic E-state index is 11.9. The van der Waals surface area contributed by atoms with Gasteiger partial charge in [-0.15, -0.1) is 0 Å². The second kappa shape index (κ2) is 8.79. The van der Waals surface area contributed by atoms with E-state index in [1.54, 1.807) is 13.8 Å². The van der Waals surface area contributed by atoms with Crippen LogP contribution in [0.4, 0.5) is 4.79 Å². The third-order valence-electron chi connectivity index (χ3n) is 2.90. The Bertz CT molecular complexity index is 307. The smallest absolute Gasteiger partial charge is 0.326 e. The van der Waals surface area contributed by atoms with Crippen LogP contribution in [0.3, 0.4) is 0 Å². The number of nitrogens with one attached hydrogen (secondary N) is 2. The second-order valence-electron chi connectivity index (χ2n) is 6.27. The maximum Gasteiger partial charge on any atom is 0.326 e. The molecule has 0 fully saturated rings. The van der Waals surface area contributed by atoms with Crippen LogP contribution in [-0.4, -0.2) is 54.7 Å². The molecular formula is C14H29N3O3. The highest BCUT2D eigenvalue weighted by molar-refractivity contribution is 5.82. The molecule has 0 aliphatic carbocycles. The van der Waals surface area contributed by atoms with E-state index in [0.717, 1.165) is 13.0 Å². The molecule has 0 heterocycles. The van der Waals surface area contributed by atoms with Crippen molar-refractivity contribution in [2.24, 2.45) is 11.8 Å². The monoisotopic (exact) mass is 287 g/mol. The van der Waals surface area contributed by atoms with Gasteiger partial charge in [-0.3, -0.25) is 0 Å². The van der Waals surface area contributed by atoms with Crippen molar-refractivity contribution in [3.63, 3.8) is 0 Å². The van der Waals surface area contributed by atoms with Gasteiger partial charge in [-0.25, -0.2) is 9.59 Å². The van der Waals surface area contributed by atoms with Crippen molar-refractivity contribution < 1.29 is 14.7 Å². The van der Waals surface area contributed by atoms with E-state index in [4.69, 9.17) is 5.11 Å². The zero-order chi connectivity index (χ0) is 15.9. The molecule has 1 unspecified atom stereocenters. The highest BCUT2D eigenvalue weighted by Gasteiger charge is 2.24. The standard InChI is InChI=1S/C14H29N3O3/c1-9(2)7-11(8-17(5)6)15-14(20)16-12(10(3)4)13(18)19/h9-12H,7-8H2,1-6H3,(H,18,19)(H2,15,16,20)/t11?,12-/m0/s1. The highest BCUT2D eigenvalue weighted by atomic mass is 16.4. The SMILES string of the molecule is CC(C)CC(CN(C)C)NC(=O)N[C@H](C(=O)O)C(C)C. The summed E-state index contributed by atoms with van der Waals surface area (Å²) < 4.78 is 0. The van der Waals surface area contributed by atoms with Gasteiger partial charge in [0, 0.05) is 12.6 Å². The van der Waals surface area contributed by atoms with E-state index < -0.39 is 18.0 Å². The molecule has 0 bridgehead atoms. The van der Waals surface area contributed by atoms with Crippen LogP contribution in [0.1, 0.15) is 34.1 Å². The van der Waals surface area contributed by atoms with Crippen molar-refractivity contribution in [3.8, 4) is 0 Å². The number of hydrogen-bond acceptors (Lipinski definition) is 3. The Morgan fingerprint density at radius 3 is 2.00 bits per heavy atom. The van der Waals surface area contributed by atoms with E-state index in [-0.39, 0.29) is 12.0 Å². The largest absolute Gasteiger partial charge is 0.480 e. The zero-order valence-electron chi connectivity index (χ0n) is 13.4. The minimum absolute atomic E-state index is 0.00612. The van der Waals surface area contributed by atoms with E-state index in [1.807, 2.05) is 19.0 Å². The van der Waals surface area contributed by atoms with Gasteiger partial charge in [-0.2, -0.15) is 0 Å². The molecule has 0 saturated carbocycles. The molecular weight excluding hydrogens is 258 g/mol. The van der Waals surface area contributed by atoms with Gasteiger partial charge in [-0.1, -0.05) is 27.7 Å². The summed E-state index contributed by atoms with van der Waals surface area (Å²) in [5.41, 5.74) is 0. The van der Waals surface area contributed by atoms with Crippen molar-refractivity contribution in [1.82, 2.24) is 15.5 Å². The van der Waals surface area contributed by atoms with Crippen LogP contribution in [0.5, 0.6) is 0 Å². The summed E-state index contributed by atoms with van der Waals surface area (Å²) in [5.74, 6) is -0.709. The number of amides is 2. The Morgan fingerprint density at radius 2 is 1.65 bits per heavy atom. The first-order valence-electron chi connectivity index (χ1n) is 7.08. The number of likely N-dealkylation sites (N-methyl/N-ethyl adjacent to an activating group) is 1. The van der Waals surface area contributed by atoms with E-state index in [1.165, 1.54) is 0 Å². The van der Waals surface area contributed by atoms with Crippen LogP contribution in [0.15, 0.2) is 0 Å². The molecule has 0 aromatic rings. The number of carboxylic acid groups (broad SMARTS) is 1. The number of carbonyl (C=O) groups excluding carboxylic acids is 1. The number of carbonyl (C=O) groups is 2. The van der Waals surface area contributed by atoms with Gasteiger partial charge < -0.3 is 20.6 Å². The van der Waals surface area contributed by atoms with Gasteiger partial charge in [0.05, 0.1) is 0 Å². The van der Waals surface area contributed by atoms with Crippen LogP contribution in [0, 0.1) is 11.8 Å². The first kappa shape index (κ1) is 18.7. The molecule has 0 rings (SSSR count). The van der Waals surface area contributed by atoms with Gasteiger partial charge in [0.2, 0.25) is 0 Å². The predicted molar refractivity (Wildman–Crippen MR) is 79.7 cm³/mol. The summed E-state index contributed by atoms with van der Waals surface area (Å²) in [6.07, 6.45) is 0.852. The Balaban J connectivity index is 4.54. The lowest BCUT2D eigenvalue weighted by Crippen LogP contribution is -2.52. The van der Waals surface area contributed by atoms with Crippen molar-refractivity contribution in [1.29, 1.82) is 0 Å². The zero-order valence-corrected chi connectivity index (χ0v) is 13.4. The average molecular weight is 287 g/mol. The van der Waals surface area contributed by atoms with Gasteiger partial charge in [0.15, 0.2) is 0 Å². The minimum Gasteiger partial charge on any atom is -0.480 e. The van der Waals surface area contributed by atoms with Gasteiger partial charge in [0.1, 0.15) is 6.04 Å². The predicted octanol–water partition coefficient (Wildman–Crippen LogP) is 1.37. The fraction of sp³-hybridized carbons (Fsp3) is 0.857. The van der Waals surface area contributed by atoms with Crippen molar-refractivity contribution >= 4 is 12.0 Å². The van der Waals surface area contributed by atoms with Crippen LogP contribution in [-0.2, 0) is 4.79 Å². The van der Waals surface area contributed by atoms with Crippen molar-refractivity contribution in [3.05, 3.63) is 0 Å². The molecule has 0 saturated heterocycles. The van der Waals surface area contributed by atoms with E-state index in [2.05, 4.69) is 24.5 Å². The number of hydrogen-bond donors (Lipinski definition) is 3. The molecule has 0 aromatic carbocycles. The Morgan fingerprint density at radius 1 is 1.10 bits per heavy atom. The maximum absolute atomic E-state index is 11.9. The molecule has 0 spiro atoms. The third-order valence-corrected chi connectivity index (χ3v) is 2.90. The molecule has 0 aromatic heterocycles. The summed E-state index contributed by atoms with van der Waals surface area (Å²) in [6, 6.07) is -1.28. The van der Waals surface area contributed by atoms with E-state index >= 15 is 0 Å². The number of aliphatic carboxylic acids is 1. The fourth-order valence-electron chi connectivity index (χ4n) is 2.07. The summed E-state index contributed by atoms with van der Waals surface area (Å²) in [6.45, 7) is 8.45. The molecule has 0 aliphatic rings. The van der Waals surface area contributed by atoms with Crippen molar-refractivity contribution in [2.75, 3.05) is 20.6 Å². The number of carboxylic acids is 1.